The Hall–Kier alpha value is -1.92. The lowest BCUT2D eigenvalue weighted by atomic mass is 10.3. The van der Waals surface area contributed by atoms with Crippen molar-refractivity contribution in [3.05, 3.63) is 17.9 Å². The summed E-state index contributed by atoms with van der Waals surface area (Å²) in [6.07, 6.45) is 3.68. The largest absolute Gasteiger partial charge is 0.381 e. The average molecular weight is 206 g/mol. The van der Waals surface area contributed by atoms with Gasteiger partial charge in [0.15, 0.2) is 12.1 Å². The normalized spacial score (nSPS) is 15.7. The van der Waals surface area contributed by atoms with Crippen LogP contribution in [-0.2, 0) is 6.54 Å². The Bertz CT molecular complexity index is 457. The maximum atomic E-state index is 5.75. The molecule has 1 saturated carbocycles. The van der Waals surface area contributed by atoms with Crippen molar-refractivity contribution in [2.45, 2.75) is 25.3 Å². The molecule has 3 rings (SSSR count). The molecule has 0 unspecified atom stereocenters. The molecule has 0 atom stereocenters. The molecule has 1 aliphatic carbocycles. The highest BCUT2D eigenvalue weighted by Gasteiger charge is 2.30. The topological polar surface area (TPSA) is 95.7 Å². The third kappa shape index (κ3) is 1.45. The number of anilines is 1. The van der Waals surface area contributed by atoms with E-state index < -0.39 is 0 Å². The van der Waals surface area contributed by atoms with E-state index in [-0.39, 0.29) is 0 Å². The Kier molecular flexibility index (Phi) is 1.70. The van der Waals surface area contributed by atoms with Crippen LogP contribution < -0.4 is 5.73 Å². The molecule has 1 aliphatic rings. The first-order valence-electron chi connectivity index (χ1n) is 4.79. The summed E-state index contributed by atoms with van der Waals surface area (Å²) in [6, 6.07) is 0. The highest BCUT2D eigenvalue weighted by molar-refractivity contribution is 5.38. The summed E-state index contributed by atoms with van der Waals surface area (Å²) in [6.45, 7) is 0.441. The lowest BCUT2D eigenvalue weighted by Gasteiger charge is -2.01. The van der Waals surface area contributed by atoms with Crippen LogP contribution in [0, 0.1) is 0 Å². The average Bonchev–Trinajstić information content (AvgIpc) is 2.80. The summed E-state index contributed by atoms with van der Waals surface area (Å²) in [5, 5.41) is 11.4. The van der Waals surface area contributed by atoms with Gasteiger partial charge in [0.25, 0.3) is 0 Å². The number of hydrogen-bond acceptors (Lipinski definition) is 6. The van der Waals surface area contributed by atoms with Crippen molar-refractivity contribution in [1.82, 2.24) is 25.1 Å². The number of aromatic nitrogens is 5. The first kappa shape index (κ1) is 8.39. The molecule has 2 aromatic rings. The number of nitrogens with zero attached hydrogens (tertiary/aromatic N) is 5. The van der Waals surface area contributed by atoms with Gasteiger partial charge >= 0.3 is 0 Å². The van der Waals surface area contributed by atoms with E-state index >= 15 is 0 Å². The Morgan fingerprint density at radius 3 is 3.07 bits per heavy atom. The first-order valence-corrected chi connectivity index (χ1v) is 4.79. The van der Waals surface area contributed by atoms with E-state index in [4.69, 9.17) is 10.3 Å². The molecule has 0 saturated heterocycles. The van der Waals surface area contributed by atoms with Gasteiger partial charge in [-0.3, -0.25) is 0 Å². The second-order valence-corrected chi connectivity index (χ2v) is 3.63. The molecule has 15 heavy (non-hydrogen) atoms. The van der Waals surface area contributed by atoms with Crippen molar-refractivity contribution in [2.24, 2.45) is 0 Å². The highest BCUT2D eigenvalue weighted by atomic mass is 16.5. The fourth-order valence-electron chi connectivity index (χ4n) is 1.62. The van der Waals surface area contributed by atoms with Crippen LogP contribution in [0.4, 0.5) is 5.82 Å². The van der Waals surface area contributed by atoms with Crippen molar-refractivity contribution in [3.8, 4) is 0 Å². The van der Waals surface area contributed by atoms with E-state index in [0.29, 0.717) is 24.2 Å². The van der Waals surface area contributed by atoms with Crippen LogP contribution in [0.15, 0.2) is 10.9 Å². The molecule has 0 aromatic carbocycles. The van der Waals surface area contributed by atoms with Crippen molar-refractivity contribution in [1.29, 1.82) is 0 Å². The minimum absolute atomic E-state index is 0.441. The van der Waals surface area contributed by atoms with Gasteiger partial charge in [-0.05, 0) is 12.8 Å². The summed E-state index contributed by atoms with van der Waals surface area (Å²) in [4.78, 5) is 3.93. The van der Waals surface area contributed by atoms with E-state index in [1.807, 2.05) is 0 Å². The quantitative estimate of drug-likeness (QED) is 0.768. The second-order valence-electron chi connectivity index (χ2n) is 3.63. The van der Waals surface area contributed by atoms with Crippen LogP contribution in [0.3, 0.4) is 0 Å². The Morgan fingerprint density at radius 2 is 2.40 bits per heavy atom. The van der Waals surface area contributed by atoms with Crippen LogP contribution in [0.2, 0.25) is 0 Å². The molecule has 0 radical (unpaired) electrons. The van der Waals surface area contributed by atoms with Crippen molar-refractivity contribution in [3.63, 3.8) is 0 Å². The molecule has 0 bridgehead atoms. The van der Waals surface area contributed by atoms with Crippen molar-refractivity contribution in [2.75, 3.05) is 5.73 Å². The van der Waals surface area contributed by atoms with Crippen LogP contribution >= 0.6 is 0 Å². The summed E-state index contributed by atoms with van der Waals surface area (Å²) >= 11 is 0. The standard InChI is InChI=1S/C8H10N6O/c9-8-7(5-1-2-5)14(13-12-8)3-6-10-4-11-15-6/h4-5H,1-3,9H2. The maximum absolute atomic E-state index is 5.75. The van der Waals surface area contributed by atoms with Gasteiger partial charge in [0.2, 0.25) is 5.89 Å². The van der Waals surface area contributed by atoms with E-state index in [0.717, 1.165) is 18.5 Å². The van der Waals surface area contributed by atoms with Gasteiger partial charge in [-0.25, -0.2) is 4.68 Å². The van der Waals surface area contributed by atoms with Crippen LogP contribution in [0.25, 0.3) is 0 Å². The van der Waals surface area contributed by atoms with Gasteiger partial charge < -0.3 is 10.3 Å². The molecule has 0 spiro atoms. The van der Waals surface area contributed by atoms with Gasteiger partial charge in [-0.2, -0.15) is 4.98 Å². The molecule has 0 amide bonds. The molecule has 78 valence electrons. The zero-order valence-corrected chi connectivity index (χ0v) is 8.00. The lowest BCUT2D eigenvalue weighted by molar-refractivity contribution is 0.361. The predicted octanol–water partition coefficient (Wildman–Crippen LogP) is 0.169. The smallest absolute Gasteiger partial charge is 0.248 e. The number of nitrogen functional groups attached to an aromatic ring is 1. The third-order valence-corrected chi connectivity index (χ3v) is 2.46. The molecule has 2 heterocycles. The molecule has 1 fully saturated rings. The number of hydrogen-bond donors (Lipinski definition) is 1. The maximum Gasteiger partial charge on any atom is 0.248 e. The summed E-state index contributed by atoms with van der Waals surface area (Å²) in [5.74, 6) is 1.53. The second kappa shape index (κ2) is 3.04. The minimum atomic E-state index is 0.441. The molecular weight excluding hydrogens is 196 g/mol. The molecular formula is C8H10N6O. The zero-order valence-electron chi connectivity index (χ0n) is 8.00. The van der Waals surface area contributed by atoms with Crippen LogP contribution in [0.5, 0.6) is 0 Å². The van der Waals surface area contributed by atoms with Crippen LogP contribution in [0.1, 0.15) is 30.3 Å². The SMILES string of the molecule is Nc1nnn(Cc2ncno2)c1C1CC1. The zero-order chi connectivity index (χ0) is 10.3. The van der Waals surface area contributed by atoms with Gasteiger partial charge in [0.1, 0.15) is 6.54 Å². The van der Waals surface area contributed by atoms with Gasteiger partial charge in [-0.15, -0.1) is 5.10 Å². The Labute approximate surface area is 85.3 Å². The monoisotopic (exact) mass is 206 g/mol. The first-order chi connectivity index (χ1) is 7.34. The molecule has 0 aliphatic heterocycles. The van der Waals surface area contributed by atoms with Crippen molar-refractivity contribution < 1.29 is 4.52 Å². The fourth-order valence-corrected chi connectivity index (χ4v) is 1.62. The van der Waals surface area contributed by atoms with Gasteiger partial charge in [0, 0.05) is 5.92 Å². The van der Waals surface area contributed by atoms with Gasteiger partial charge in [-0.1, -0.05) is 10.4 Å². The van der Waals surface area contributed by atoms with E-state index in [2.05, 4.69) is 20.5 Å². The van der Waals surface area contributed by atoms with Crippen LogP contribution in [-0.4, -0.2) is 25.1 Å². The Balaban J connectivity index is 1.91. The third-order valence-electron chi connectivity index (χ3n) is 2.46. The summed E-state index contributed by atoms with van der Waals surface area (Å²) < 4.78 is 6.65. The van der Waals surface area contributed by atoms with E-state index in [1.54, 1.807) is 4.68 Å². The molecule has 7 heteroatoms. The van der Waals surface area contributed by atoms with Gasteiger partial charge in [0.05, 0.1) is 5.69 Å². The minimum Gasteiger partial charge on any atom is -0.381 e. The predicted molar refractivity (Wildman–Crippen MR) is 49.8 cm³/mol. The summed E-state index contributed by atoms with van der Waals surface area (Å²) in [7, 11) is 0. The molecule has 2 aromatic heterocycles. The number of rotatable bonds is 3. The van der Waals surface area contributed by atoms with Crippen molar-refractivity contribution >= 4 is 5.82 Å². The fraction of sp³-hybridized carbons (Fsp3) is 0.500. The molecule has 2 N–H and O–H groups in total. The lowest BCUT2D eigenvalue weighted by Crippen LogP contribution is -2.06. The van der Waals surface area contributed by atoms with E-state index in [1.165, 1.54) is 6.33 Å². The van der Waals surface area contributed by atoms with E-state index in [9.17, 15) is 0 Å². The molecule has 7 nitrogen and oxygen atoms in total. The number of nitrogens with two attached hydrogens (primary N) is 1. The Morgan fingerprint density at radius 1 is 1.53 bits per heavy atom. The summed E-state index contributed by atoms with van der Waals surface area (Å²) in [5.41, 5.74) is 6.74. The highest BCUT2D eigenvalue weighted by Crippen LogP contribution is 2.41.